The van der Waals surface area contributed by atoms with Crippen LogP contribution in [0.25, 0.3) is 0 Å². The van der Waals surface area contributed by atoms with Crippen molar-refractivity contribution in [2.24, 2.45) is 5.92 Å². The van der Waals surface area contributed by atoms with Crippen molar-refractivity contribution < 1.29 is 43.2 Å². The molecule has 0 aliphatic carbocycles. The molecular weight excluding hydrogens is 480 g/mol. The second kappa shape index (κ2) is 14.1. The van der Waals surface area contributed by atoms with Crippen LogP contribution in [0, 0.1) is 5.92 Å². The zero-order chi connectivity index (χ0) is 27.4. The molecule has 0 saturated heterocycles. The van der Waals surface area contributed by atoms with Gasteiger partial charge in [0.05, 0.1) is 42.1 Å². The summed E-state index contributed by atoms with van der Waals surface area (Å²) in [5.41, 5.74) is 0.240. The van der Waals surface area contributed by atoms with E-state index in [9.17, 15) is 19.2 Å². The zero-order valence-electron chi connectivity index (χ0n) is 21.7. The molecule has 0 saturated carbocycles. The number of rotatable bonds is 13. The minimum atomic E-state index is -0.889. The van der Waals surface area contributed by atoms with Crippen molar-refractivity contribution in [1.29, 1.82) is 0 Å². The zero-order valence-corrected chi connectivity index (χ0v) is 21.7. The van der Waals surface area contributed by atoms with E-state index < -0.39 is 29.5 Å². The molecular formula is C28H34O9. The quantitative estimate of drug-likeness (QED) is 0.309. The minimum absolute atomic E-state index is 0.0181. The third-order valence-electron chi connectivity index (χ3n) is 5.54. The summed E-state index contributed by atoms with van der Waals surface area (Å²) in [5, 5.41) is 8.74. The van der Waals surface area contributed by atoms with E-state index in [-0.39, 0.29) is 48.8 Å². The third-order valence-corrected chi connectivity index (χ3v) is 5.54. The van der Waals surface area contributed by atoms with Crippen molar-refractivity contribution in [3.63, 3.8) is 0 Å². The molecule has 0 aliphatic rings. The number of benzene rings is 2. The summed E-state index contributed by atoms with van der Waals surface area (Å²) < 4.78 is 21.0. The number of hydrogen-bond acceptors (Lipinski definition) is 9. The Morgan fingerprint density at radius 2 is 1.14 bits per heavy atom. The van der Waals surface area contributed by atoms with Crippen LogP contribution in [0.3, 0.4) is 0 Å². The Bertz CT molecular complexity index is 1060. The van der Waals surface area contributed by atoms with Crippen molar-refractivity contribution >= 4 is 23.9 Å². The van der Waals surface area contributed by atoms with Crippen LogP contribution in [0.1, 0.15) is 82.0 Å². The van der Waals surface area contributed by atoms with E-state index in [2.05, 4.69) is 0 Å². The number of ether oxygens (including phenoxy) is 4. The lowest BCUT2D eigenvalue weighted by atomic mass is 9.99. The fourth-order valence-corrected chi connectivity index (χ4v) is 3.06. The highest BCUT2D eigenvalue weighted by Gasteiger charge is 2.28. The molecule has 37 heavy (non-hydrogen) atoms. The predicted molar refractivity (Wildman–Crippen MR) is 134 cm³/mol. The number of aliphatic hydroxyl groups excluding tert-OH is 1. The van der Waals surface area contributed by atoms with E-state index in [1.54, 1.807) is 6.92 Å². The Kier molecular flexibility index (Phi) is 11.3. The van der Waals surface area contributed by atoms with Crippen LogP contribution in [-0.2, 0) is 18.9 Å². The van der Waals surface area contributed by atoms with Gasteiger partial charge >= 0.3 is 23.9 Å². The van der Waals surface area contributed by atoms with Crippen molar-refractivity contribution in [3.8, 4) is 0 Å². The molecule has 0 radical (unpaired) electrons. The van der Waals surface area contributed by atoms with E-state index in [1.807, 2.05) is 20.8 Å². The van der Waals surface area contributed by atoms with Gasteiger partial charge in [-0.05, 0) is 67.8 Å². The second-order valence-electron chi connectivity index (χ2n) is 9.09. The number of carbonyl (C=O) groups excluding carboxylic acids is 4. The SMILES string of the molecule is CCC(C)(CCOC(=O)c1ccc(C(=O)OCC(C)C)cc1)OC(=O)c1ccc(C(=O)OCCO)cc1. The molecule has 1 N–H and O–H groups in total. The van der Waals surface area contributed by atoms with Gasteiger partial charge < -0.3 is 24.1 Å². The summed E-state index contributed by atoms with van der Waals surface area (Å²) in [5.74, 6) is -1.97. The Morgan fingerprint density at radius 1 is 0.730 bits per heavy atom. The van der Waals surface area contributed by atoms with Gasteiger partial charge in [-0.2, -0.15) is 0 Å². The van der Waals surface area contributed by atoms with E-state index in [4.69, 9.17) is 24.1 Å². The van der Waals surface area contributed by atoms with Gasteiger partial charge in [0.1, 0.15) is 12.2 Å². The Labute approximate surface area is 216 Å². The topological polar surface area (TPSA) is 125 Å². The number of esters is 4. The number of carbonyl (C=O) groups is 4. The van der Waals surface area contributed by atoms with Crippen LogP contribution in [0.4, 0.5) is 0 Å². The lowest BCUT2D eigenvalue weighted by molar-refractivity contribution is -0.0251. The Morgan fingerprint density at radius 3 is 1.54 bits per heavy atom. The lowest BCUT2D eigenvalue weighted by Crippen LogP contribution is -2.33. The normalized spacial score (nSPS) is 12.4. The maximum absolute atomic E-state index is 12.6. The molecule has 2 aromatic carbocycles. The lowest BCUT2D eigenvalue weighted by Gasteiger charge is -2.28. The summed E-state index contributed by atoms with van der Waals surface area (Å²) in [6.07, 6.45) is 0.751. The van der Waals surface area contributed by atoms with Crippen molar-refractivity contribution in [1.82, 2.24) is 0 Å². The highest BCUT2D eigenvalue weighted by Crippen LogP contribution is 2.23. The van der Waals surface area contributed by atoms with Crippen molar-refractivity contribution in [3.05, 3.63) is 70.8 Å². The van der Waals surface area contributed by atoms with E-state index >= 15 is 0 Å². The smallest absolute Gasteiger partial charge is 0.338 e. The molecule has 0 fully saturated rings. The molecule has 0 aromatic heterocycles. The second-order valence-corrected chi connectivity index (χ2v) is 9.09. The van der Waals surface area contributed by atoms with E-state index in [0.29, 0.717) is 18.6 Å². The fraction of sp³-hybridized carbons (Fsp3) is 0.429. The first kappa shape index (κ1) is 29.5. The van der Waals surface area contributed by atoms with Crippen LogP contribution in [0.15, 0.2) is 48.5 Å². The molecule has 0 aliphatic heterocycles. The van der Waals surface area contributed by atoms with Gasteiger partial charge in [0.2, 0.25) is 0 Å². The van der Waals surface area contributed by atoms with Crippen molar-refractivity contribution in [2.75, 3.05) is 26.4 Å². The fourth-order valence-electron chi connectivity index (χ4n) is 3.06. The summed E-state index contributed by atoms with van der Waals surface area (Å²) in [6, 6.07) is 11.8. The summed E-state index contributed by atoms with van der Waals surface area (Å²) >= 11 is 0. The Balaban J connectivity index is 1.88. The molecule has 0 spiro atoms. The third kappa shape index (κ3) is 9.34. The average Bonchev–Trinajstić information content (AvgIpc) is 2.90. The number of hydrogen-bond donors (Lipinski definition) is 1. The van der Waals surface area contributed by atoms with Gasteiger partial charge in [-0.3, -0.25) is 0 Å². The summed E-state index contributed by atoms with van der Waals surface area (Å²) in [7, 11) is 0. The highest BCUT2D eigenvalue weighted by molar-refractivity contribution is 5.94. The van der Waals surface area contributed by atoms with Crippen LogP contribution in [-0.4, -0.2) is 61.0 Å². The molecule has 0 amide bonds. The maximum atomic E-state index is 12.6. The van der Waals surface area contributed by atoms with E-state index in [0.717, 1.165) is 0 Å². The van der Waals surface area contributed by atoms with Crippen LogP contribution in [0.5, 0.6) is 0 Å². The summed E-state index contributed by atoms with van der Waals surface area (Å²) in [4.78, 5) is 48.9. The molecule has 200 valence electrons. The van der Waals surface area contributed by atoms with Crippen LogP contribution in [0.2, 0.25) is 0 Å². The summed E-state index contributed by atoms with van der Waals surface area (Å²) in [6.45, 7) is 7.43. The molecule has 0 heterocycles. The molecule has 1 unspecified atom stereocenters. The largest absolute Gasteiger partial charge is 0.462 e. The predicted octanol–water partition coefficient (Wildman–Crippen LogP) is 4.22. The van der Waals surface area contributed by atoms with Gasteiger partial charge in [-0.1, -0.05) is 20.8 Å². The van der Waals surface area contributed by atoms with E-state index in [1.165, 1.54) is 48.5 Å². The first-order valence-corrected chi connectivity index (χ1v) is 12.1. The first-order chi connectivity index (χ1) is 17.6. The number of aliphatic hydroxyl groups is 1. The van der Waals surface area contributed by atoms with Crippen molar-refractivity contribution in [2.45, 2.75) is 46.1 Å². The molecule has 9 heteroatoms. The molecule has 2 rings (SSSR count). The van der Waals surface area contributed by atoms with Gasteiger partial charge in [0.15, 0.2) is 0 Å². The monoisotopic (exact) mass is 514 g/mol. The van der Waals surface area contributed by atoms with Crippen LogP contribution >= 0.6 is 0 Å². The van der Waals surface area contributed by atoms with Gasteiger partial charge in [0.25, 0.3) is 0 Å². The van der Waals surface area contributed by atoms with Gasteiger partial charge in [-0.15, -0.1) is 0 Å². The first-order valence-electron chi connectivity index (χ1n) is 12.1. The average molecular weight is 515 g/mol. The Hall–Kier alpha value is -3.72. The van der Waals surface area contributed by atoms with Crippen LogP contribution < -0.4 is 0 Å². The van der Waals surface area contributed by atoms with Gasteiger partial charge in [-0.25, -0.2) is 19.2 Å². The highest BCUT2D eigenvalue weighted by atomic mass is 16.6. The minimum Gasteiger partial charge on any atom is -0.462 e. The molecule has 2 aromatic rings. The molecule has 0 bridgehead atoms. The molecule has 1 atom stereocenters. The maximum Gasteiger partial charge on any atom is 0.338 e. The molecule has 9 nitrogen and oxygen atoms in total. The van der Waals surface area contributed by atoms with Gasteiger partial charge in [0, 0.05) is 6.42 Å². The standard InChI is InChI=1S/C28H34O9/c1-5-28(4,37-27(33)23-12-10-21(11-13-23)25(31)35-17-15-29)14-16-34-24(30)20-6-8-22(9-7-20)26(32)36-18-19(2)3/h6-13,19,29H,5,14-18H2,1-4H3.